The van der Waals surface area contributed by atoms with Gasteiger partial charge in [-0.3, -0.25) is 14.8 Å². The number of aryl methyl sites for hydroxylation is 2. The van der Waals surface area contributed by atoms with Crippen molar-refractivity contribution in [2.75, 3.05) is 19.6 Å². The van der Waals surface area contributed by atoms with Crippen LogP contribution in [0.4, 0.5) is 13.2 Å². The predicted molar refractivity (Wildman–Crippen MR) is 145 cm³/mol. The molecule has 1 N–H and O–H groups in total. The first-order chi connectivity index (χ1) is 17.2. The minimum atomic E-state index is -4.33. The number of halogens is 4. The average Bonchev–Trinajstić information content (AvgIpc) is 3.43. The van der Waals surface area contributed by atoms with Gasteiger partial charge in [-0.05, 0) is 62.1 Å². The molecule has 3 heterocycles. The molecule has 0 bridgehead atoms. The van der Waals surface area contributed by atoms with E-state index in [1.54, 1.807) is 37.4 Å². The van der Waals surface area contributed by atoms with Crippen molar-refractivity contribution in [2.45, 2.75) is 59.2 Å². The lowest BCUT2D eigenvalue weighted by atomic mass is 9.94. The summed E-state index contributed by atoms with van der Waals surface area (Å²) in [4.78, 5) is 33.4. The van der Waals surface area contributed by atoms with Gasteiger partial charge >= 0.3 is 11.9 Å². The molecule has 2 aromatic heterocycles. The summed E-state index contributed by atoms with van der Waals surface area (Å²) in [5.74, 6) is 0.443. The summed E-state index contributed by atoms with van der Waals surface area (Å²) in [5, 5.41) is 4.29. The molecule has 0 unspecified atom stereocenters. The lowest BCUT2D eigenvalue weighted by molar-refractivity contribution is -0.137. The van der Waals surface area contributed by atoms with E-state index in [9.17, 15) is 22.8 Å². The number of likely N-dealkylation sites (tertiary alicyclic amines) is 1. The molecule has 5 rings (SSSR count). The van der Waals surface area contributed by atoms with Gasteiger partial charge < -0.3 is 4.90 Å². The molecule has 1 aliphatic carbocycles. The topological polar surface area (TPSA) is 83.9 Å². The second-order valence-electron chi connectivity index (χ2n) is 9.19. The van der Waals surface area contributed by atoms with Crippen molar-refractivity contribution < 1.29 is 13.2 Å². The van der Waals surface area contributed by atoms with Gasteiger partial charge in [-0.2, -0.15) is 18.3 Å². The Morgan fingerprint density at radius 3 is 2.42 bits per heavy atom. The molecule has 208 valence electrons. The SMILES string of the molecule is C.CC.Cc1ncccc1-c1nn(CCCN2C[C@@H]3C[C@]3(c3ccc(C(F)(F)F)cc3)C2)c(=O)[nH]c1=O.Cl. The third kappa shape index (κ3) is 6.18. The number of hydrogen-bond donors (Lipinski definition) is 1. The number of benzene rings is 1. The van der Waals surface area contributed by atoms with Crippen LogP contribution in [0.3, 0.4) is 0 Å². The molecule has 1 saturated carbocycles. The van der Waals surface area contributed by atoms with Crippen LogP contribution in [0.1, 0.15) is 50.9 Å². The monoisotopic (exact) mass is 553 g/mol. The Bertz CT molecular complexity index is 1340. The highest BCUT2D eigenvalue weighted by atomic mass is 35.5. The number of nitrogens with zero attached hydrogens (tertiary/aromatic N) is 4. The Morgan fingerprint density at radius 1 is 1.11 bits per heavy atom. The quantitative estimate of drug-likeness (QED) is 0.461. The number of hydrogen-bond acceptors (Lipinski definition) is 5. The van der Waals surface area contributed by atoms with Crippen LogP contribution >= 0.6 is 12.4 Å². The molecule has 0 amide bonds. The van der Waals surface area contributed by atoms with E-state index in [-0.39, 0.29) is 30.9 Å². The number of aromatic nitrogens is 4. The first-order valence-electron chi connectivity index (χ1n) is 12.2. The maximum absolute atomic E-state index is 12.9. The fourth-order valence-corrected chi connectivity index (χ4v) is 5.13. The lowest BCUT2D eigenvalue weighted by Gasteiger charge is -2.21. The number of H-pyrrole nitrogens is 1. The van der Waals surface area contributed by atoms with E-state index in [0.29, 0.717) is 30.1 Å². The smallest absolute Gasteiger partial charge is 0.302 e. The van der Waals surface area contributed by atoms with E-state index >= 15 is 0 Å². The largest absolute Gasteiger partial charge is 0.416 e. The average molecular weight is 554 g/mol. The normalized spacial score (nSPS) is 19.9. The van der Waals surface area contributed by atoms with E-state index in [2.05, 4.69) is 20.0 Å². The molecule has 7 nitrogen and oxygen atoms in total. The minimum absolute atomic E-state index is 0. The van der Waals surface area contributed by atoms with Crippen LogP contribution in [-0.2, 0) is 18.1 Å². The molecule has 0 radical (unpaired) electrons. The van der Waals surface area contributed by atoms with Gasteiger partial charge in [0.2, 0.25) is 0 Å². The molecule has 0 spiro atoms. The number of aromatic amines is 1. The molecule has 1 saturated heterocycles. The Balaban J connectivity index is 0.00000124. The second kappa shape index (κ2) is 12.3. The highest BCUT2D eigenvalue weighted by molar-refractivity contribution is 5.85. The number of pyridine rings is 1. The first kappa shape index (κ1) is 31.2. The zero-order valence-corrected chi connectivity index (χ0v) is 21.8. The van der Waals surface area contributed by atoms with Crippen LogP contribution in [0.2, 0.25) is 0 Å². The number of alkyl halides is 3. The standard InChI is InChI=1S/C24H24F3N5O2.C2H6.CH4.ClH/c1-15-19(4-2-9-28-15)20-21(33)29-22(34)32(30-20)11-3-10-31-13-18-12-23(18,14-31)16-5-7-17(8-6-16)24(25,26)27;1-2;;/h2,4-9,18H,3,10-14H2,1H3,(H,29,33,34);1-2H3;1H4;1H/t18-,23+;;;/m0.../s1. The van der Waals surface area contributed by atoms with E-state index in [1.165, 1.54) is 4.68 Å². The summed E-state index contributed by atoms with van der Waals surface area (Å²) in [7, 11) is 0. The van der Waals surface area contributed by atoms with Crippen LogP contribution in [0.5, 0.6) is 0 Å². The van der Waals surface area contributed by atoms with Gasteiger partial charge in [0.1, 0.15) is 0 Å². The van der Waals surface area contributed by atoms with Gasteiger partial charge in [0.25, 0.3) is 5.56 Å². The molecule has 11 heteroatoms. The van der Waals surface area contributed by atoms with Gasteiger partial charge in [-0.25, -0.2) is 9.48 Å². The maximum atomic E-state index is 12.9. The highest BCUT2D eigenvalue weighted by Crippen LogP contribution is 2.59. The molecule has 2 atom stereocenters. The van der Waals surface area contributed by atoms with E-state index < -0.39 is 23.0 Å². The third-order valence-electron chi connectivity index (χ3n) is 7.00. The molecular weight excluding hydrogens is 519 g/mol. The number of fused-ring (bicyclic) bond motifs is 1. The van der Waals surface area contributed by atoms with Crippen molar-refractivity contribution in [3.05, 3.63) is 80.3 Å². The lowest BCUT2D eigenvalue weighted by Crippen LogP contribution is -2.35. The van der Waals surface area contributed by atoms with Crippen LogP contribution in [0.15, 0.2) is 52.2 Å². The van der Waals surface area contributed by atoms with Crippen molar-refractivity contribution in [1.82, 2.24) is 24.6 Å². The predicted octanol–water partition coefficient (Wildman–Crippen LogP) is 5.07. The fraction of sp³-hybridized carbons (Fsp3) is 0.481. The summed E-state index contributed by atoms with van der Waals surface area (Å²) in [5.41, 5.74) is 0.557. The van der Waals surface area contributed by atoms with Gasteiger partial charge in [0.05, 0.1) is 5.56 Å². The first-order valence-corrected chi connectivity index (χ1v) is 12.2. The van der Waals surface area contributed by atoms with Crippen molar-refractivity contribution in [2.24, 2.45) is 5.92 Å². The molecule has 1 aromatic carbocycles. The number of nitrogens with one attached hydrogen (secondary N) is 1. The van der Waals surface area contributed by atoms with Crippen molar-refractivity contribution in [3.8, 4) is 11.3 Å². The van der Waals surface area contributed by atoms with Crippen LogP contribution in [-0.4, -0.2) is 44.3 Å². The molecule has 2 aliphatic rings. The van der Waals surface area contributed by atoms with Crippen molar-refractivity contribution in [3.63, 3.8) is 0 Å². The summed E-state index contributed by atoms with van der Waals surface area (Å²) < 4.78 is 39.9. The van der Waals surface area contributed by atoms with Gasteiger partial charge in [-0.1, -0.05) is 33.4 Å². The summed E-state index contributed by atoms with van der Waals surface area (Å²) in [6.45, 7) is 8.52. The minimum Gasteiger partial charge on any atom is -0.302 e. The number of rotatable bonds is 6. The highest BCUT2D eigenvalue weighted by Gasteiger charge is 2.60. The fourth-order valence-electron chi connectivity index (χ4n) is 5.13. The summed E-state index contributed by atoms with van der Waals surface area (Å²) in [6.07, 6.45) is -1.06. The van der Waals surface area contributed by atoms with E-state index in [4.69, 9.17) is 0 Å². The Hall–Kier alpha value is -2.98. The second-order valence-corrected chi connectivity index (χ2v) is 9.19. The van der Waals surface area contributed by atoms with Gasteiger partial charge in [-0.15, -0.1) is 12.4 Å². The third-order valence-corrected chi connectivity index (χ3v) is 7.00. The molecule has 2 fully saturated rings. The van der Waals surface area contributed by atoms with Gasteiger partial charge in [0, 0.05) is 42.5 Å². The molecular formula is C27H35ClF3N5O2. The van der Waals surface area contributed by atoms with Crippen LogP contribution < -0.4 is 11.2 Å². The van der Waals surface area contributed by atoms with Crippen molar-refractivity contribution in [1.29, 1.82) is 0 Å². The number of piperidine rings is 1. The Labute approximate surface area is 226 Å². The van der Waals surface area contributed by atoms with Crippen LogP contribution in [0, 0.1) is 12.8 Å². The van der Waals surface area contributed by atoms with Gasteiger partial charge in [0.15, 0.2) is 5.69 Å². The zero-order chi connectivity index (χ0) is 26.1. The molecule has 1 aliphatic heterocycles. The van der Waals surface area contributed by atoms with E-state index in [0.717, 1.165) is 43.8 Å². The molecule has 3 aromatic rings. The van der Waals surface area contributed by atoms with Crippen LogP contribution in [0.25, 0.3) is 11.3 Å². The molecule has 38 heavy (non-hydrogen) atoms. The zero-order valence-electron chi connectivity index (χ0n) is 21.0. The Kier molecular flexibility index (Phi) is 10.1. The Morgan fingerprint density at radius 2 is 1.79 bits per heavy atom. The van der Waals surface area contributed by atoms with E-state index in [1.807, 2.05) is 13.8 Å². The van der Waals surface area contributed by atoms with Crippen molar-refractivity contribution >= 4 is 12.4 Å². The maximum Gasteiger partial charge on any atom is 0.416 e. The summed E-state index contributed by atoms with van der Waals surface area (Å²) in [6, 6.07) is 9.00. The summed E-state index contributed by atoms with van der Waals surface area (Å²) >= 11 is 0.